The van der Waals surface area contributed by atoms with Crippen LogP contribution in [0, 0.1) is 46.3 Å². The second-order valence-corrected chi connectivity index (χ2v) is 12.3. The summed E-state index contributed by atoms with van der Waals surface area (Å²) in [6.45, 7) is 12.4. The van der Waals surface area contributed by atoms with Crippen LogP contribution in [0.2, 0.25) is 0 Å². The van der Waals surface area contributed by atoms with Crippen molar-refractivity contribution in [3.63, 3.8) is 0 Å². The van der Waals surface area contributed by atoms with Gasteiger partial charge in [0.05, 0.1) is 5.71 Å². The van der Waals surface area contributed by atoms with Gasteiger partial charge in [0.2, 0.25) is 0 Å². The highest BCUT2D eigenvalue weighted by atomic mass is 15.1. The Balaban J connectivity index is 1.59. The van der Waals surface area contributed by atoms with Crippen molar-refractivity contribution in [3.8, 4) is 0 Å². The van der Waals surface area contributed by atoms with E-state index >= 15 is 0 Å². The van der Waals surface area contributed by atoms with E-state index in [1.807, 2.05) is 0 Å². The van der Waals surface area contributed by atoms with E-state index < -0.39 is 0 Å². The second-order valence-electron chi connectivity index (χ2n) is 12.3. The minimum atomic E-state index is 0.259. The third kappa shape index (κ3) is 3.76. The van der Waals surface area contributed by atoms with E-state index in [0.29, 0.717) is 17.3 Å². The maximum Gasteiger partial charge on any atom is 0.0600 e. The lowest BCUT2D eigenvalue weighted by Gasteiger charge is -2.58. The summed E-state index contributed by atoms with van der Waals surface area (Å²) < 4.78 is 0. The second kappa shape index (κ2) is 8.56. The first-order chi connectivity index (χ1) is 14.7. The van der Waals surface area contributed by atoms with Crippen LogP contribution in [0.1, 0.15) is 98.8 Å². The molecule has 0 spiro atoms. The fraction of sp³-hybridized carbons (Fsp3) is 0.852. The molecule has 4 aliphatic carbocycles. The van der Waals surface area contributed by atoms with Gasteiger partial charge in [0, 0.05) is 18.1 Å². The molecule has 4 aliphatic rings. The third-order valence-electron chi connectivity index (χ3n) is 10.4. The Hall–Kier alpha value is -1.32. The summed E-state index contributed by atoms with van der Waals surface area (Å²) >= 11 is 0. The number of allylic oxidation sites excluding steroid dienone is 2. The van der Waals surface area contributed by atoms with Crippen molar-refractivity contribution in [3.05, 3.63) is 11.6 Å². The van der Waals surface area contributed by atoms with Crippen LogP contribution in [0.25, 0.3) is 0 Å². The van der Waals surface area contributed by atoms with Crippen molar-refractivity contribution in [1.29, 1.82) is 0 Å². The Morgan fingerprint density at radius 1 is 1.00 bits per heavy atom. The highest BCUT2D eigenvalue weighted by molar-refractivity contribution is 5.99. The van der Waals surface area contributed by atoms with Gasteiger partial charge >= 0.3 is 0 Å². The van der Waals surface area contributed by atoms with Gasteiger partial charge in [-0.1, -0.05) is 59.5 Å². The average molecular weight is 427 g/mol. The lowest BCUT2D eigenvalue weighted by Crippen LogP contribution is -2.54. The van der Waals surface area contributed by atoms with E-state index in [0.717, 1.165) is 42.2 Å². The third-order valence-corrected chi connectivity index (χ3v) is 10.4. The number of rotatable bonds is 5. The fourth-order valence-electron chi connectivity index (χ4n) is 8.55. The van der Waals surface area contributed by atoms with E-state index in [1.165, 1.54) is 62.7 Å². The molecule has 4 nitrogen and oxygen atoms in total. The topological polar surface area (TPSA) is 76.8 Å². The summed E-state index contributed by atoms with van der Waals surface area (Å²) in [4.78, 5) is 0. The molecule has 0 aromatic carbocycles. The molecule has 4 heteroatoms. The zero-order chi connectivity index (χ0) is 22.4. The van der Waals surface area contributed by atoms with Crippen molar-refractivity contribution in [2.45, 2.75) is 98.8 Å². The molecule has 0 heterocycles. The van der Waals surface area contributed by atoms with Gasteiger partial charge in [-0.3, -0.25) is 0 Å². The Bertz CT molecular complexity index is 765. The molecule has 174 valence electrons. The molecule has 3 fully saturated rings. The van der Waals surface area contributed by atoms with Crippen molar-refractivity contribution in [1.82, 2.24) is 0 Å². The molecule has 0 bridgehead atoms. The highest BCUT2D eigenvalue weighted by Crippen LogP contribution is 2.67. The van der Waals surface area contributed by atoms with Gasteiger partial charge in [-0.2, -0.15) is 10.2 Å². The lowest BCUT2D eigenvalue weighted by molar-refractivity contribution is -0.0212. The predicted molar refractivity (Wildman–Crippen MR) is 132 cm³/mol. The standard InChI is InChI=1S/C27H46N4/c1-17(2)7-6-8-18(3)21-9-10-22-25-23(12-14-27(21,22)5)26(4)13-11-20(30-28)15-19(26)16-24(25)31-29/h15,17-18,21-23,25H,6-14,16,28-29H2,1-5H3/b30-20+,31-24+/t18-,21-,22+,23?,25?,26+,27-/m1/s1. The Kier molecular flexibility index (Phi) is 6.31. The molecule has 7 atom stereocenters. The molecule has 31 heavy (non-hydrogen) atoms. The van der Waals surface area contributed by atoms with Gasteiger partial charge in [-0.05, 0) is 85.0 Å². The number of hydrogen-bond acceptors (Lipinski definition) is 4. The van der Waals surface area contributed by atoms with Crippen LogP contribution in [-0.4, -0.2) is 11.4 Å². The minimum Gasteiger partial charge on any atom is -0.323 e. The zero-order valence-electron chi connectivity index (χ0n) is 20.7. The first-order valence-electron chi connectivity index (χ1n) is 13.0. The molecule has 0 aromatic heterocycles. The van der Waals surface area contributed by atoms with E-state index in [-0.39, 0.29) is 5.41 Å². The van der Waals surface area contributed by atoms with Crippen LogP contribution in [-0.2, 0) is 0 Å². The van der Waals surface area contributed by atoms with Crippen molar-refractivity contribution in [2.24, 2.45) is 68.2 Å². The number of hydrazone groups is 2. The van der Waals surface area contributed by atoms with Gasteiger partial charge in [-0.15, -0.1) is 0 Å². The van der Waals surface area contributed by atoms with E-state index in [9.17, 15) is 0 Å². The Labute approximate surface area is 190 Å². The molecular formula is C27H46N4. The SMILES string of the molecule is CC(C)CCC[C@@H](C)[C@H]1CC[C@H]2C3/C(=N/N)CC4=C/C(=N/N)CC[C@]4(C)C3CC[C@]12C. The quantitative estimate of drug-likeness (QED) is 0.401. The lowest BCUT2D eigenvalue weighted by atomic mass is 9.46. The smallest absolute Gasteiger partial charge is 0.0600 e. The van der Waals surface area contributed by atoms with Crippen LogP contribution in [0.5, 0.6) is 0 Å². The van der Waals surface area contributed by atoms with Gasteiger partial charge in [0.15, 0.2) is 0 Å². The maximum atomic E-state index is 6.06. The van der Waals surface area contributed by atoms with Crippen LogP contribution < -0.4 is 11.7 Å². The molecule has 4 rings (SSSR count). The molecular weight excluding hydrogens is 380 g/mol. The van der Waals surface area contributed by atoms with Crippen molar-refractivity contribution in [2.75, 3.05) is 0 Å². The summed E-state index contributed by atoms with van der Waals surface area (Å²) in [5.41, 5.74) is 4.49. The monoisotopic (exact) mass is 426 g/mol. The Morgan fingerprint density at radius 3 is 2.45 bits per heavy atom. The number of nitrogens with zero attached hydrogens (tertiary/aromatic N) is 2. The average Bonchev–Trinajstić information content (AvgIpc) is 3.09. The largest absolute Gasteiger partial charge is 0.323 e. The molecule has 0 aromatic rings. The van der Waals surface area contributed by atoms with Crippen LogP contribution >= 0.6 is 0 Å². The fourth-order valence-corrected chi connectivity index (χ4v) is 8.55. The molecule has 0 amide bonds. The first kappa shape index (κ1) is 22.9. The summed E-state index contributed by atoms with van der Waals surface area (Å²) in [6, 6.07) is 0. The van der Waals surface area contributed by atoms with Crippen LogP contribution in [0.3, 0.4) is 0 Å². The number of hydrogen-bond donors (Lipinski definition) is 2. The normalized spacial score (nSPS) is 43.5. The number of fused-ring (bicyclic) bond motifs is 5. The minimum absolute atomic E-state index is 0.259. The summed E-state index contributed by atoms with van der Waals surface area (Å²) in [5, 5.41) is 8.46. The van der Waals surface area contributed by atoms with Crippen molar-refractivity contribution < 1.29 is 0 Å². The van der Waals surface area contributed by atoms with Crippen molar-refractivity contribution >= 4 is 11.4 Å². The van der Waals surface area contributed by atoms with Gasteiger partial charge in [0.1, 0.15) is 0 Å². The van der Waals surface area contributed by atoms with E-state index in [1.54, 1.807) is 0 Å². The first-order valence-corrected chi connectivity index (χ1v) is 13.0. The molecule has 4 N–H and O–H groups in total. The zero-order valence-corrected chi connectivity index (χ0v) is 20.7. The highest BCUT2D eigenvalue weighted by Gasteiger charge is 2.61. The summed E-state index contributed by atoms with van der Waals surface area (Å²) in [6.07, 6.45) is 15.0. The van der Waals surface area contributed by atoms with E-state index in [4.69, 9.17) is 11.7 Å². The molecule has 0 saturated heterocycles. The molecule has 2 unspecified atom stereocenters. The van der Waals surface area contributed by atoms with Gasteiger partial charge < -0.3 is 11.7 Å². The van der Waals surface area contributed by atoms with Gasteiger partial charge in [-0.25, -0.2) is 0 Å². The molecule has 3 saturated carbocycles. The summed E-state index contributed by atoms with van der Waals surface area (Å²) in [5.74, 6) is 16.2. The number of nitrogens with two attached hydrogens (primary N) is 2. The van der Waals surface area contributed by atoms with Crippen LogP contribution in [0.4, 0.5) is 0 Å². The van der Waals surface area contributed by atoms with Gasteiger partial charge in [0.25, 0.3) is 0 Å². The molecule has 0 radical (unpaired) electrons. The predicted octanol–water partition coefficient (Wildman–Crippen LogP) is 6.27. The van der Waals surface area contributed by atoms with E-state index in [2.05, 4.69) is 50.9 Å². The Morgan fingerprint density at radius 2 is 1.77 bits per heavy atom. The maximum absolute atomic E-state index is 6.06. The molecule has 0 aliphatic heterocycles. The summed E-state index contributed by atoms with van der Waals surface area (Å²) in [7, 11) is 0. The van der Waals surface area contributed by atoms with Crippen LogP contribution in [0.15, 0.2) is 21.9 Å².